The van der Waals surface area contributed by atoms with Gasteiger partial charge in [-0.15, -0.1) is 13.2 Å². The molecule has 0 heterocycles. The molecule has 1 aliphatic rings. The summed E-state index contributed by atoms with van der Waals surface area (Å²) in [5.74, 6) is 0. The summed E-state index contributed by atoms with van der Waals surface area (Å²) < 4.78 is 0. The number of rotatable bonds is 8. The van der Waals surface area contributed by atoms with Crippen molar-refractivity contribution in [1.82, 2.24) is 0 Å². The summed E-state index contributed by atoms with van der Waals surface area (Å²) in [5.41, 5.74) is 8.79. The van der Waals surface area contributed by atoms with Crippen molar-refractivity contribution in [3.63, 3.8) is 0 Å². The molecule has 0 fully saturated rings. The summed E-state index contributed by atoms with van der Waals surface area (Å²) in [6.07, 6.45) is 12.0. The molecule has 0 saturated carbocycles. The molecule has 1 aliphatic carbocycles. The summed E-state index contributed by atoms with van der Waals surface area (Å²) in [6.45, 7) is 7.61. The van der Waals surface area contributed by atoms with Crippen molar-refractivity contribution < 1.29 is 0 Å². The number of fused-ring (bicyclic) bond motifs is 3. The monoisotopic (exact) mass is 302 g/mol. The predicted molar refractivity (Wildman–Crippen MR) is 101 cm³/mol. The third-order valence-corrected chi connectivity index (χ3v) is 4.76. The molecule has 0 amide bonds. The van der Waals surface area contributed by atoms with Crippen LogP contribution in [0.1, 0.15) is 47.9 Å². The topological polar surface area (TPSA) is 0 Å². The fourth-order valence-electron chi connectivity index (χ4n) is 3.53. The Balaban J connectivity index is 1.74. The first-order valence-corrected chi connectivity index (χ1v) is 8.77. The van der Waals surface area contributed by atoms with Crippen LogP contribution in [0.25, 0.3) is 11.1 Å². The minimum absolute atomic E-state index is 1.09. The molecule has 0 N–H and O–H groups in total. The van der Waals surface area contributed by atoms with Crippen molar-refractivity contribution in [2.24, 2.45) is 0 Å². The van der Waals surface area contributed by atoms with E-state index in [0.717, 1.165) is 32.1 Å². The van der Waals surface area contributed by atoms with E-state index in [-0.39, 0.29) is 0 Å². The molecule has 2 aromatic rings. The highest BCUT2D eigenvalue weighted by molar-refractivity contribution is 5.77. The number of unbranched alkanes of at least 4 members (excludes halogenated alkanes) is 2. The highest BCUT2D eigenvalue weighted by atomic mass is 14.2. The Bertz CT molecular complexity index is 644. The van der Waals surface area contributed by atoms with Crippen molar-refractivity contribution >= 4 is 0 Å². The summed E-state index contributed by atoms with van der Waals surface area (Å²) in [6, 6.07) is 14.1. The van der Waals surface area contributed by atoms with Gasteiger partial charge in [0.15, 0.2) is 0 Å². The van der Waals surface area contributed by atoms with Crippen LogP contribution in [0.4, 0.5) is 0 Å². The van der Waals surface area contributed by atoms with E-state index in [9.17, 15) is 0 Å². The van der Waals surface area contributed by atoms with Gasteiger partial charge in [-0.25, -0.2) is 0 Å². The third kappa shape index (κ3) is 3.64. The summed E-state index contributed by atoms with van der Waals surface area (Å²) >= 11 is 0. The second-order valence-electron chi connectivity index (χ2n) is 6.52. The van der Waals surface area contributed by atoms with Gasteiger partial charge in [0, 0.05) is 0 Å². The molecule has 0 aliphatic heterocycles. The van der Waals surface area contributed by atoms with Gasteiger partial charge in [-0.3, -0.25) is 0 Å². The van der Waals surface area contributed by atoms with Crippen molar-refractivity contribution in [2.45, 2.75) is 44.9 Å². The van der Waals surface area contributed by atoms with E-state index in [0.29, 0.717) is 0 Å². The Morgan fingerprint density at radius 3 is 1.65 bits per heavy atom. The largest absolute Gasteiger partial charge is 0.103 e. The summed E-state index contributed by atoms with van der Waals surface area (Å²) in [4.78, 5) is 0. The van der Waals surface area contributed by atoms with Gasteiger partial charge >= 0.3 is 0 Å². The first kappa shape index (κ1) is 15.8. The summed E-state index contributed by atoms with van der Waals surface area (Å²) in [5, 5.41) is 0. The molecule has 0 heteroatoms. The van der Waals surface area contributed by atoms with E-state index < -0.39 is 0 Å². The molecule has 23 heavy (non-hydrogen) atoms. The Labute approximate surface area is 140 Å². The van der Waals surface area contributed by atoms with Crippen molar-refractivity contribution in [2.75, 3.05) is 0 Å². The standard InChI is InChI=1S/C23H26/c1-3-5-7-9-18-11-13-22-20(15-18)17-21-16-19(10-8-6-4-2)12-14-23(21)22/h3-4,11-16H,1-2,5-10,17H2. The van der Waals surface area contributed by atoms with Gasteiger partial charge in [0.05, 0.1) is 0 Å². The van der Waals surface area contributed by atoms with Gasteiger partial charge in [-0.1, -0.05) is 48.6 Å². The molecule has 118 valence electrons. The zero-order chi connectivity index (χ0) is 16.1. The molecule has 0 bridgehead atoms. The Morgan fingerprint density at radius 2 is 1.22 bits per heavy atom. The highest BCUT2D eigenvalue weighted by Crippen LogP contribution is 2.37. The lowest BCUT2D eigenvalue weighted by molar-refractivity contribution is 0.842. The molecular weight excluding hydrogens is 276 g/mol. The second-order valence-corrected chi connectivity index (χ2v) is 6.52. The van der Waals surface area contributed by atoms with Crippen LogP contribution in [0.5, 0.6) is 0 Å². The van der Waals surface area contributed by atoms with Gasteiger partial charge in [0.1, 0.15) is 0 Å². The maximum absolute atomic E-state index is 3.81. The van der Waals surface area contributed by atoms with E-state index in [1.54, 1.807) is 0 Å². The molecule has 0 unspecified atom stereocenters. The van der Waals surface area contributed by atoms with E-state index in [2.05, 4.69) is 49.6 Å². The maximum Gasteiger partial charge on any atom is -0.00133 e. The first-order valence-electron chi connectivity index (χ1n) is 8.77. The molecule has 0 radical (unpaired) electrons. The number of aryl methyl sites for hydroxylation is 2. The van der Waals surface area contributed by atoms with E-state index in [1.165, 1.54) is 46.2 Å². The average Bonchev–Trinajstić information content (AvgIpc) is 2.92. The van der Waals surface area contributed by atoms with E-state index in [1.807, 2.05) is 12.2 Å². The van der Waals surface area contributed by atoms with Crippen molar-refractivity contribution in [3.8, 4) is 11.1 Å². The molecule has 0 aromatic heterocycles. The van der Waals surface area contributed by atoms with Crippen LogP contribution >= 0.6 is 0 Å². The fourth-order valence-corrected chi connectivity index (χ4v) is 3.53. The Hall–Kier alpha value is -2.08. The smallest absolute Gasteiger partial charge is 0.00133 e. The summed E-state index contributed by atoms with van der Waals surface area (Å²) in [7, 11) is 0. The normalized spacial score (nSPS) is 11.8. The zero-order valence-corrected chi connectivity index (χ0v) is 14.0. The van der Waals surface area contributed by atoms with Gasteiger partial charge in [-0.2, -0.15) is 0 Å². The van der Waals surface area contributed by atoms with Crippen LogP contribution in [0.2, 0.25) is 0 Å². The second kappa shape index (κ2) is 7.46. The van der Waals surface area contributed by atoms with Gasteiger partial charge in [-0.05, 0) is 78.3 Å². The van der Waals surface area contributed by atoms with Gasteiger partial charge in [0.2, 0.25) is 0 Å². The molecule has 0 nitrogen and oxygen atoms in total. The van der Waals surface area contributed by atoms with Crippen LogP contribution in [0.3, 0.4) is 0 Å². The first-order chi connectivity index (χ1) is 11.3. The highest BCUT2D eigenvalue weighted by Gasteiger charge is 2.18. The SMILES string of the molecule is C=CCCCc1ccc2c(c1)Cc1cc(CCCC=C)ccc1-2. The van der Waals surface area contributed by atoms with Crippen LogP contribution in [0, 0.1) is 0 Å². The average molecular weight is 302 g/mol. The lowest BCUT2D eigenvalue weighted by Crippen LogP contribution is -1.88. The van der Waals surface area contributed by atoms with Crippen LogP contribution in [-0.4, -0.2) is 0 Å². The van der Waals surface area contributed by atoms with Crippen LogP contribution < -0.4 is 0 Å². The Morgan fingerprint density at radius 1 is 0.739 bits per heavy atom. The number of hydrogen-bond acceptors (Lipinski definition) is 0. The van der Waals surface area contributed by atoms with Crippen molar-refractivity contribution in [3.05, 3.63) is 84.0 Å². The van der Waals surface area contributed by atoms with E-state index in [4.69, 9.17) is 0 Å². The van der Waals surface area contributed by atoms with Crippen LogP contribution in [0.15, 0.2) is 61.7 Å². The molecule has 3 rings (SSSR count). The van der Waals surface area contributed by atoms with E-state index >= 15 is 0 Å². The molecule has 0 spiro atoms. The lowest BCUT2D eigenvalue weighted by atomic mass is 9.99. The number of benzene rings is 2. The van der Waals surface area contributed by atoms with Gasteiger partial charge < -0.3 is 0 Å². The minimum atomic E-state index is 1.09. The van der Waals surface area contributed by atoms with Crippen molar-refractivity contribution in [1.29, 1.82) is 0 Å². The van der Waals surface area contributed by atoms with Gasteiger partial charge in [0.25, 0.3) is 0 Å². The Kier molecular flexibility index (Phi) is 5.12. The molecule has 0 saturated heterocycles. The quantitative estimate of drug-likeness (QED) is 0.339. The minimum Gasteiger partial charge on any atom is -0.103 e. The zero-order valence-electron chi connectivity index (χ0n) is 14.0. The van der Waals surface area contributed by atoms with Crippen LogP contribution in [-0.2, 0) is 19.3 Å². The molecular formula is C23H26. The maximum atomic E-state index is 3.81. The molecule has 0 atom stereocenters. The molecule has 2 aromatic carbocycles. The fraction of sp³-hybridized carbons (Fsp3) is 0.304. The third-order valence-electron chi connectivity index (χ3n) is 4.76. The predicted octanol–water partition coefficient (Wildman–Crippen LogP) is 6.28. The number of hydrogen-bond donors (Lipinski definition) is 0. The number of allylic oxidation sites excluding steroid dienone is 2. The lowest BCUT2D eigenvalue weighted by Gasteiger charge is -2.06.